The highest BCUT2D eigenvalue weighted by atomic mass is 35.5. The zero-order valence-electron chi connectivity index (χ0n) is 31.6. The summed E-state index contributed by atoms with van der Waals surface area (Å²) in [5.41, 5.74) is 3.36. The van der Waals surface area contributed by atoms with E-state index in [0.29, 0.717) is 29.7 Å². The van der Waals surface area contributed by atoms with Crippen molar-refractivity contribution in [3.63, 3.8) is 0 Å². The third-order valence-corrected chi connectivity index (χ3v) is 16.3. The molecule has 0 aliphatic heterocycles. The first-order chi connectivity index (χ1) is 26.2. The van der Waals surface area contributed by atoms with Crippen LogP contribution >= 0.6 is 23.2 Å². The molecule has 0 heterocycles. The summed E-state index contributed by atoms with van der Waals surface area (Å²) in [7, 11) is -0.975. The van der Waals surface area contributed by atoms with Gasteiger partial charge in [0.1, 0.15) is 5.60 Å². The molecule has 0 aliphatic carbocycles. The number of methoxy groups -OCH3 is 1. The Morgan fingerprint density at radius 1 is 0.574 bits per heavy atom. The molecule has 0 bridgehead atoms. The molecule has 54 heavy (non-hydrogen) atoms. The standard InChI is InChI=1S/C48H50Cl2O3Si/c1-47(2,3)54(42-26-16-8-17-27-42,43-28-18-9-19-29-43)53-33-32-38(34-37-30-31-44(49)45(50)35-37)46(51-4)36-52-48(39-20-10-5-11-21-39,40-22-12-6-13-23-40)41-24-14-7-15-25-41/h5-31,35,38,46H,32-34,36H2,1-4H3/t38-,46-/m1/s1. The van der Waals surface area contributed by atoms with Crippen LogP contribution in [0.2, 0.25) is 15.1 Å². The van der Waals surface area contributed by atoms with Gasteiger partial charge in [-0.05, 0) is 68.6 Å². The molecule has 2 atom stereocenters. The van der Waals surface area contributed by atoms with Gasteiger partial charge in [-0.15, -0.1) is 0 Å². The lowest BCUT2D eigenvalue weighted by atomic mass is 9.80. The van der Waals surface area contributed by atoms with Crippen LogP contribution in [0.4, 0.5) is 0 Å². The van der Waals surface area contributed by atoms with Crippen LogP contribution in [-0.2, 0) is 25.9 Å². The molecule has 0 unspecified atom stereocenters. The lowest BCUT2D eigenvalue weighted by Crippen LogP contribution is -2.66. The zero-order chi connectivity index (χ0) is 38.0. The molecule has 6 aromatic carbocycles. The van der Waals surface area contributed by atoms with Crippen LogP contribution in [-0.4, -0.2) is 34.7 Å². The van der Waals surface area contributed by atoms with E-state index in [4.69, 9.17) is 37.1 Å². The van der Waals surface area contributed by atoms with Gasteiger partial charge in [-0.2, -0.15) is 0 Å². The molecule has 0 fully saturated rings. The van der Waals surface area contributed by atoms with Crippen molar-refractivity contribution in [2.45, 2.75) is 50.4 Å². The first-order valence-corrected chi connectivity index (χ1v) is 21.4. The fraction of sp³-hybridized carbons (Fsp3) is 0.250. The van der Waals surface area contributed by atoms with Crippen LogP contribution < -0.4 is 10.4 Å². The summed E-state index contributed by atoms with van der Waals surface area (Å²) in [6.45, 7) is 7.82. The van der Waals surface area contributed by atoms with Crippen LogP contribution in [0.3, 0.4) is 0 Å². The third-order valence-electron chi connectivity index (χ3n) is 10.5. The Balaban J connectivity index is 1.37. The van der Waals surface area contributed by atoms with Crippen molar-refractivity contribution in [1.82, 2.24) is 0 Å². The van der Waals surface area contributed by atoms with E-state index in [1.165, 1.54) is 10.4 Å². The van der Waals surface area contributed by atoms with Gasteiger partial charge < -0.3 is 13.9 Å². The van der Waals surface area contributed by atoms with Gasteiger partial charge in [0.15, 0.2) is 0 Å². The van der Waals surface area contributed by atoms with Crippen molar-refractivity contribution in [3.8, 4) is 0 Å². The highest BCUT2D eigenvalue weighted by Gasteiger charge is 2.50. The topological polar surface area (TPSA) is 27.7 Å². The number of rotatable bonds is 16. The van der Waals surface area contributed by atoms with Crippen molar-refractivity contribution in [3.05, 3.63) is 202 Å². The molecular weight excluding hydrogens is 724 g/mol. The smallest absolute Gasteiger partial charge is 0.261 e. The number of ether oxygens (including phenoxy) is 2. The molecule has 0 aromatic heterocycles. The molecule has 6 rings (SSSR count). The monoisotopic (exact) mass is 772 g/mol. The highest BCUT2D eigenvalue weighted by Crippen LogP contribution is 2.42. The molecule has 278 valence electrons. The number of halogens is 2. The fourth-order valence-corrected chi connectivity index (χ4v) is 12.8. The van der Waals surface area contributed by atoms with E-state index in [-0.39, 0.29) is 17.1 Å². The van der Waals surface area contributed by atoms with E-state index < -0.39 is 13.9 Å². The minimum Gasteiger partial charge on any atom is -0.407 e. The Morgan fingerprint density at radius 2 is 1.02 bits per heavy atom. The molecule has 6 aromatic rings. The molecule has 0 amide bonds. The summed E-state index contributed by atoms with van der Waals surface area (Å²) in [5, 5.41) is 3.46. The molecule has 0 aliphatic rings. The van der Waals surface area contributed by atoms with Crippen LogP contribution in [0, 0.1) is 5.92 Å². The van der Waals surface area contributed by atoms with Gasteiger partial charge >= 0.3 is 0 Å². The molecule has 0 saturated carbocycles. The molecule has 3 nitrogen and oxygen atoms in total. The van der Waals surface area contributed by atoms with Gasteiger partial charge in [0.05, 0.1) is 22.8 Å². The van der Waals surface area contributed by atoms with E-state index in [2.05, 4.69) is 160 Å². The lowest BCUT2D eigenvalue weighted by molar-refractivity contribution is -0.0735. The van der Waals surface area contributed by atoms with Crippen LogP contribution in [0.15, 0.2) is 170 Å². The number of hydrogen-bond donors (Lipinski definition) is 0. The minimum absolute atomic E-state index is 0.0190. The van der Waals surface area contributed by atoms with Crippen LogP contribution in [0.5, 0.6) is 0 Å². The number of benzene rings is 6. The van der Waals surface area contributed by atoms with Gasteiger partial charge in [0.2, 0.25) is 0 Å². The van der Waals surface area contributed by atoms with Gasteiger partial charge in [0, 0.05) is 13.7 Å². The molecular formula is C48H50Cl2O3Si. The molecule has 0 radical (unpaired) electrons. The third kappa shape index (κ3) is 8.60. The molecule has 0 saturated heterocycles. The summed E-state index contributed by atoms with van der Waals surface area (Å²) in [5.74, 6) is 0.0190. The SMILES string of the molecule is CO[C@H](COC(c1ccccc1)(c1ccccc1)c1ccccc1)[C@H](CCO[Si](c1ccccc1)(c1ccccc1)C(C)(C)C)Cc1ccc(Cl)c(Cl)c1. The largest absolute Gasteiger partial charge is 0.407 e. The molecule has 6 heteroatoms. The zero-order valence-corrected chi connectivity index (χ0v) is 34.1. The van der Waals surface area contributed by atoms with E-state index in [1.807, 2.05) is 30.3 Å². The maximum absolute atomic E-state index is 7.42. The first kappa shape index (κ1) is 39.7. The minimum atomic E-state index is -2.76. The van der Waals surface area contributed by atoms with Crippen molar-refractivity contribution >= 4 is 41.9 Å². The van der Waals surface area contributed by atoms with Gasteiger partial charge in [0.25, 0.3) is 8.32 Å². The fourth-order valence-electron chi connectivity index (χ4n) is 7.89. The summed E-state index contributed by atoms with van der Waals surface area (Å²) in [4.78, 5) is 0. The van der Waals surface area contributed by atoms with Crippen molar-refractivity contribution in [2.24, 2.45) is 5.92 Å². The predicted octanol–water partition coefficient (Wildman–Crippen LogP) is 11.1. The summed E-state index contributed by atoms with van der Waals surface area (Å²) in [6.07, 6.45) is 1.16. The Morgan fingerprint density at radius 3 is 1.43 bits per heavy atom. The van der Waals surface area contributed by atoms with E-state index in [0.717, 1.165) is 28.7 Å². The van der Waals surface area contributed by atoms with E-state index in [1.54, 1.807) is 7.11 Å². The maximum Gasteiger partial charge on any atom is 0.261 e. The molecule has 0 spiro atoms. The normalized spacial score (nSPS) is 13.4. The maximum atomic E-state index is 7.42. The summed E-state index contributed by atoms with van der Waals surface area (Å²) < 4.78 is 21.2. The second kappa shape index (κ2) is 18.1. The van der Waals surface area contributed by atoms with Gasteiger partial charge in [-0.1, -0.05) is 202 Å². The average Bonchev–Trinajstić information content (AvgIpc) is 3.20. The summed E-state index contributed by atoms with van der Waals surface area (Å²) in [6, 6.07) is 58.9. The average molecular weight is 774 g/mol. The van der Waals surface area contributed by atoms with E-state index >= 15 is 0 Å². The van der Waals surface area contributed by atoms with Crippen molar-refractivity contribution in [2.75, 3.05) is 20.3 Å². The quantitative estimate of drug-likeness (QED) is 0.0724. The predicted molar refractivity (Wildman–Crippen MR) is 228 cm³/mol. The Kier molecular flexibility index (Phi) is 13.3. The summed E-state index contributed by atoms with van der Waals surface area (Å²) >= 11 is 13.0. The van der Waals surface area contributed by atoms with Crippen molar-refractivity contribution < 1.29 is 13.9 Å². The Hall–Kier alpha value is -4.00. The van der Waals surface area contributed by atoms with Gasteiger partial charge in [-0.25, -0.2) is 0 Å². The van der Waals surface area contributed by atoms with Crippen molar-refractivity contribution in [1.29, 1.82) is 0 Å². The lowest BCUT2D eigenvalue weighted by Gasteiger charge is -2.43. The number of hydrogen-bond acceptors (Lipinski definition) is 3. The van der Waals surface area contributed by atoms with Gasteiger partial charge in [-0.3, -0.25) is 0 Å². The molecule has 0 N–H and O–H groups in total. The second-order valence-electron chi connectivity index (χ2n) is 14.9. The first-order valence-electron chi connectivity index (χ1n) is 18.7. The highest BCUT2D eigenvalue weighted by molar-refractivity contribution is 6.99. The second-order valence-corrected chi connectivity index (χ2v) is 20.0. The Labute approximate surface area is 333 Å². The van der Waals surface area contributed by atoms with Crippen LogP contribution in [0.25, 0.3) is 0 Å². The Bertz CT molecular complexity index is 1890. The van der Waals surface area contributed by atoms with E-state index in [9.17, 15) is 0 Å². The van der Waals surface area contributed by atoms with Crippen LogP contribution in [0.1, 0.15) is 49.4 Å².